The molecule has 0 atom stereocenters. The van der Waals surface area contributed by atoms with E-state index in [4.69, 9.17) is 31.0 Å². The molecule has 2 aromatic heterocycles. The van der Waals surface area contributed by atoms with Gasteiger partial charge < -0.3 is 14.4 Å². The van der Waals surface area contributed by atoms with Crippen LogP contribution in [0.15, 0.2) is 23.5 Å². The fourth-order valence-corrected chi connectivity index (χ4v) is 4.67. The van der Waals surface area contributed by atoms with Gasteiger partial charge >= 0.3 is 0 Å². The van der Waals surface area contributed by atoms with Gasteiger partial charge in [-0.1, -0.05) is 37.2 Å². The molecule has 0 spiro atoms. The van der Waals surface area contributed by atoms with Crippen LogP contribution in [-0.2, 0) is 0 Å². The fourth-order valence-electron chi connectivity index (χ4n) is 3.96. The van der Waals surface area contributed by atoms with Crippen molar-refractivity contribution < 1.29 is 9.47 Å². The number of aromatic nitrogens is 3. The maximum Gasteiger partial charge on any atom is 0.187 e. The second kappa shape index (κ2) is 7.78. The van der Waals surface area contributed by atoms with E-state index in [2.05, 4.69) is 23.7 Å². The summed E-state index contributed by atoms with van der Waals surface area (Å²) in [4.78, 5) is 16.5. The van der Waals surface area contributed by atoms with Crippen LogP contribution < -0.4 is 14.4 Å². The Balaban J connectivity index is 1.97. The van der Waals surface area contributed by atoms with Gasteiger partial charge in [-0.2, -0.15) is 0 Å². The SMILES string of the molecule is COc1cc(OC)c(Cl)c(-c2cc3cnc(SC)nc3c(N3CC(C)(C)C3)n2)c1C. The number of thioether (sulfide) groups is 1. The molecular formula is C22H25ClN4O2S. The van der Waals surface area contributed by atoms with Crippen molar-refractivity contribution in [2.24, 2.45) is 5.41 Å². The monoisotopic (exact) mass is 444 g/mol. The zero-order chi connectivity index (χ0) is 21.6. The molecule has 158 valence electrons. The van der Waals surface area contributed by atoms with Gasteiger partial charge in [0.05, 0.1) is 24.9 Å². The van der Waals surface area contributed by atoms with Gasteiger partial charge in [0.1, 0.15) is 17.0 Å². The first-order valence-electron chi connectivity index (χ1n) is 9.66. The number of fused-ring (bicyclic) bond motifs is 1. The van der Waals surface area contributed by atoms with Crippen molar-refractivity contribution in [2.75, 3.05) is 38.5 Å². The van der Waals surface area contributed by atoms with E-state index in [1.54, 1.807) is 20.3 Å². The first kappa shape index (κ1) is 21.0. The summed E-state index contributed by atoms with van der Waals surface area (Å²) in [6.07, 6.45) is 3.83. The smallest absolute Gasteiger partial charge is 0.187 e. The molecule has 0 radical (unpaired) electrons. The Morgan fingerprint density at radius 2 is 1.80 bits per heavy atom. The van der Waals surface area contributed by atoms with Crippen LogP contribution in [-0.4, -0.2) is 48.5 Å². The number of methoxy groups -OCH3 is 2. The molecule has 8 heteroatoms. The molecule has 0 N–H and O–H groups in total. The van der Waals surface area contributed by atoms with Crippen LogP contribution >= 0.6 is 23.4 Å². The van der Waals surface area contributed by atoms with Crippen LogP contribution in [0.25, 0.3) is 22.2 Å². The number of halogens is 1. The number of ether oxygens (including phenoxy) is 2. The van der Waals surface area contributed by atoms with E-state index in [-0.39, 0.29) is 5.41 Å². The molecule has 1 aliphatic rings. The minimum absolute atomic E-state index is 0.256. The highest BCUT2D eigenvalue weighted by atomic mass is 35.5. The molecule has 1 aromatic carbocycles. The minimum atomic E-state index is 0.256. The second-order valence-electron chi connectivity index (χ2n) is 8.24. The first-order valence-corrected chi connectivity index (χ1v) is 11.3. The second-order valence-corrected chi connectivity index (χ2v) is 9.39. The van der Waals surface area contributed by atoms with Crippen molar-refractivity contribution in [1.82, 2.24) is 15.0 Å². The molecule has 1 fully saturated rings. The van der Waals surface area contributed by atoms with Crippen LogP contribution in [0.1, 0.15) is 19.4 Å². The summed E-state index contributed by atoms with van der Waals surface area (Å²) in [6, 6.07) is 3.79. The molecule has 6 nitrogen and oxygen atoms in total. The number of hydrogen-bond acceptors (Lipinski definition) is 7. The number of pyridine rings is 1. The number of benzene rings is 1. The van der Waals surface area contributed by atoms with Crippen molar-refractivity contribution in [3.63, 3.8) is 0 Å². The highest BCUT2D eigenvalue weighted by Crippen LogP contribution is 2.44. The molecule has 0 aliphatic carbocycles. The number of anilines is 1. The van der Waals surface area contributed by atoms with E-state index in [9.17, 15) is 0 Å². The van der Waals surface area contributed by atoms with Gasteiger partial charge in [-0.3, -0.25) is 0 Å². The molecule has 1 aliphatic heterocycles. The van der Waals surface area contributed by atoms with Crippen LogP contribution in [0, 0.1) is 12.3 Å². The zero-order valence-corrected chi connectivity index (χ0v) is 19.6. The molecule has 0 saturated carbocycles. The van der Waals surface area contributed by atoms with Gasteiger partial charge in [-0.25, -0.2) is 15.0 Å². The van der Waals surface area contributed by atoms with Crippen molar-refractivity contribution in [3.05, 3.63) is 28.9 Å². The zero-order valence-electron chi connectivity index (χ0n) is 18.0. The Bertz CT molecular complexity index is 1100. The summed E-state index contributed by atoms with van der Waals surface area (Å²) in [5.74, 6) is 2.11. The van der Waals surface area contributed by atoms with Crippen molar-refractivity contribution in [2.45, 2.75) is 25.9 Å². The van der Waals surface area contributed by atoms with Crippen LogP contribution in [0.3, 0.4) is 0 Å². The summed E-state index contributed by atoms with van der Waals surface area (Å²) >= 11 is 8.25. The molecular weight excluding hydrogens is 420 g/mol. The normalized spacial score (nSPS) is 15.2. The number of hydrogen-bond donors (Lipinski definition) is 0. The van der Waals surface area contributed by atoms with Crippen molar-refractivity contribution in [1.29, 1.82) is 0 Å². The quantitative estimate of drug-likeness (QED) is 0.394. The molecule has 0 unspecified atom stereocenters. The van der Waals surface area contributed by atoms with Gasteiger partial charge in [-0.15, -0.1) is 0 Å². The van der Waals surface area contributed by atoms with E-state index in [1.165, 1.54) is 11.8 Å². The largest absolute Gasteiger partial charge is 0.496 e. The molecule has 0 bridgehead atoms. The Morgan fingerprint density at radius 1 is 1.10 bits per heavy atom. The topological polar surface area (TPSA) is 60.4 Å². The predicted octanol–water partition coefficient (Wildman–Crippen LogP) is 5.24. The third-order valence-corrected chi connectivity index (χ3v) is 6.32. The van der Waals surface area contributed by atoms with E-state index in [0.717, 1.165) is 51.8 Å². The van der Waals surface area contributed by atoms with Crippen molar-refractivity contribution >= 4 is 40.1 Å². The molecule has 3 aromatic rings. The average Bonchev–Trinajstić information content (AvgIpc) is 2.71. The lowest BCUT2D eigenvalue weighted by atomic mass is 9.84. The maximum absolute atomic E-state index is 6.73. The molecule has 4 rings (SSSR count). The Hall–Kier alpha value is -2.25. The summed E-state index contributed by atoms with van der Waals surface area (Å²) in [5, 5.41) is 2.17. The molecule has 3 heterocycles. The number of rotatable bonds is 5. The van der Waals surface area contributed by atoms with E-state index in [1.807, 2.05) is 25.4 Å². The lowest BCUT2D eigenvalue weighted by molar-refractivity contribution is 0.275. The molecule has 30 heavy (non-hydrogen) atoms. The number of nitrogens with zero attached hydrogens (tertiary/aromatic N) is 4. The summed E-state index contributed by atoms with van der Waals surface area (Å²) < 4.78 is 11.0. The van der Waals surface area contributed by atoms with E-state index in [0.29, 0.717) is 16.5 Å². The third-order valence-electron chi connectivity index (χ3n) is 5.38. The summed E-state index contributed by atoms with van der Waals surface area (Å²) in [5.41, 5.74) is 3.57. The third kappa shape index (κ3) is 3.54. The van der Waals surface area contributed by atoms with E-state index < -0.39 is 0 Å². The van der Waals surface area contributed by atoms with Gasteiger partial charge in [0.2, 0.25) is 0 Å². The minimum Gasteiger partial charge on any atom is -0.496 e. The standard InChI is InChI=1S/C22H25ClN4O2S/c1-12-15(28-4)8-16(29-5)18(23)17(12)14-7-13-9-24-21(30-6)26-19(13)20(25-14)27-10-22(2,3)11-27/h7-9H,10-11H2,1-6H3. The van der Waals surface area contributed by atoms with Crippen LogP contribution in [0.2, 0.25) is 5.02 Å². The van der Waals surface area contributed by atoms with E-state index >= 15 is 0 Å². The van der Waals surface area contributed by atoms with Crippen LogP contribution in [0.4, 0.5) is 5.82 Å². The molecule has 1 saturated heterocycles. The Kier molecular flexibility index (Phi) is 5.45. The first-order chi connectivity index (χ1) is 14.3. The lowest BCUT2D eigenvalue weighted by Gasteiger charge is -2.46. The van der Waals surface area contributed by atoms with Gasteiger partial charge in [-0.05, 0) is 24.7 Å². The van der Waals surface area contributed by atoms with Crippen LogP contribution in [0.5, 0.6) is 11.5 Å². The van der Waals surface area contributed by atoms with Gasteiger partial charge in [0.25, 0.3) is 0 Å². The van der Waals surface area contributed by atoms with Gasteiger partial charge in [0.15, 0.2) is 11.0 Å². The summed E-state index contributed by atoms with van der Waals surface area (Å²) in [7, 11) is 3.23. The Morgan fingerprint density at radius 3 is 2.40 bits per heavy atom. The fraction of sp³-hybridized carbons (Fsp3) is 0.409. The van der Waals surface area contributed by atoms with Crippen molar-refractivity contribution in [3.8, 4) is 22.8 Å². The maximum atomic E-state index is 6.73. The predicted molar refractivity (Wildman–Crippen MR) is 123 cm³/mol. The van der Waals surface area contributed by atoms with Gasteiger partial charge in [0, 0.05) is 41.9 Å². The summed E-state index contributed by atoms with van der Waals surface area (Å²) in [6.45, 7) is 8.33. The average molecular weight is 445 g/mol. The lowest BCUT2D eigenvalue weighted by Crippen LogP contribution is -2.53. The highest BCUT2D eigenvalue weighted by molar-refractivity contribution is 7.98. The Labute approximate surface area is 186 Å². The molecule has 0 amide bonds. The highest BCUT2D eigenvalue weighted by Gasteiger charge is 2.36.